The van der Waals surface area contributed by atoms with Gasteiger partial charge in [-0.2, -0.15) is 5.10 Å². The Kier molecular flexibility index (Phi) is 6.39. The minimum Gasteiger partial charge on any atom is -0.487 e. The van der Waals surface area contributed by atoms with Gasteiger partial charge in [0.05, 0.1) is 31.2 Å². The van der Waals surface area contributed by atoms with Gasteiger partial charge in [-0.25, -0.2) is 0 Å². The molecule has 0 bridgehead atoms. The Hall–Kier alpha value is -2.38. The first-order chi connectivity index (χ1) is 14.6. The monoisotopic (exact) mass is 472 g/mol. The number of aryl methyl sites for hydroxylation is 1. The van der Waals surface area contributed by atoms with Gasteiger partial charge in [0.1, 0.15) is 18.1 Å². The van der Waals surface area contributed by atoms with Crippen molar-refractivity contribution in [2.75, 3.05) is 19.8 Å². The molecule has 0 radical (unpaired) electrons. The van der Waals surface area contributed by atoms with E-state index in [0.717, 1.165) is 45.2 Å². The third-order valence-electron chi connectivity index (χ3n) is 5.35. The number of fused-ring (bicyclic) bond motifs is 1. The quantitative estimate of drug-likeness (QED) is 0.464. The minimum absolute atomic E-state index is 0.190. The number of carbonyl (C=O) groups is 1. The molecule has 1 aliphatic rings. The molecular weight excluding hydrogens is 448 g/mol. The molecule has 0 N–H and O–H groups in total. The lowest BCUT2D eigenvalue weighted by molar-refractivity contribution is -0.142. The summed E-state index contributed by atoms with van der Waals surface area (Å²) in [6.45, 7) is 5.89. The number of halogens is 1. The summed E-state index contributed by atoms with van der Waals surface area (Å²) in [6, 6.07) is 12.2. The molecule has 1 fully saturated rings. The smallest absolute Gasteiger partial charge is 0.310 e. The van der Waals surface area contributed by atoms with Crippen LogP contribution in [0.4, 0.5) is 0 Å². The summed E-state index contributed by atoms with van der Waals surface area (Å²) < 4.78 is 19.9. The van der Waals surface area contributed by atoms with Crippen LogP contribution in [0.15, 0.2) is 40.9 Å². The van der Waals surface area contributed by atoms with Gasteiger partial charge in [-0.05, 0) is 50.1 Å². The SMILES string of the molecule is CCOC(=O)Cc1c(C)cccc1OCc1nn(C2CCOC2)c2ccc(Br)cc12. The zero-order valence-corrected chi connectivity index (χ0v) is 18.8. The molecule has 0 amide bonds. The fourth-order valence-electron chi connectivity index (χ4n) is 3.82. The van der Waals surface area contributed by atoms with Crippen LogP contribution in [0.3, 0.4) is 0 Å². The van der Waals surface area contributed by atoms with Crippen molar-refractivity contribution in [3.05, 3.63) is 57.7 Å². The zero-order valence-electron chi connectivity index (χ0n) is 17.2. The Balaban J connectivity index is 1.62. The van der Waals surface area contributed by atoms with Gasteiger partial charge in [0.25, 0.3) is 0 Å². The number of aromatic nitrogens is 2. The summed E-state index contributed by atoms with van der Waals surface area (Å²) in [5.74, 6) is 0.432. The molecular formula is C23H25BrN2O4. The lowest BCUT2D eigenvalue weighted by atomic mass is 10.0. The first kappa shape index (κ1) is 20.9. The number of rotatable bonds is 7. The Morgan fingerprint density at radius 3 is 2.97 bits per heavy atom. The highest BCUT2D eigenvalue weighted by Gasteiger charge is 2.23. The van der Waals surface area contributed by atoms with E-state index in [2.05, 4.69) is 32.7 Å². The molecule has 2 aromatic carbocycles. The van der Waals surface area contributed by atoms with Crippen molar-refractivity contribution in [3.8, 4) is 5.75 Å². The van der Waals surface area contributed by atoms with Crippen molar-refractivity contribution in [3.63, 3.8) is 0 Å². The maximum Gasteiger partial charge on any atom is 0.310 e. The average Bonchev–Trinajstić information content (AvgIpc) is 3.36. The Morgan fingerprint density at radius 1 is 1.33 bits per heavy atom. The molecule has 1 aromatic heterocycles. The Labute approximate surface area is 184 Å². The molecule has 3 aromatic rings. The molecule has 1 unspecified atom stereocenters. The Morgan fingerprint density at radius 2 is 2.20 bits per heavy atom. The summed E-state index contributed by atoms with van der Waals surface area (Å²) in [5, 5.41) is 5.92. The molecule has 7 heteroatoms. The summed E-state index contributed by atoms with van der Waals surface area (Å²) >= 11 is 3.56. The number of ether oxygens (including phenoxy) is 3. The van der Waals surface area contributed by atoms with E-state index in [1.54, 1.807) is 0 Å². The van der Waals surface area contributed by atoms with Crippen molar-refractivity contribution >= 4 is 32.8 Å². The van der Waals surface area contributed by atoms with Gasteiger partial charge in [-0.3, -0.25) is 9.48 Å². The highest BCUT2D eigenvalue weighted by molar-refractivity contribution is 9.10. The van der Waals surface area contributed by atoms with Crippen molar-refractivity contribution in [1.82, 2.24) is 9.78 Å². The lowest BCUT2D eigenvalue weighted by Crippen LogP contribution is -2.11. The second-order valence-corrected chi connectivity index (χ2v) is 8.31. The summed E-state index contributed by atoms with van der Waals surface area (Å²) in [6.07, 6.45) is 1.14. The maximum atomic E-state index is 12.0. The normalized spacial score (nSPS) is 16.2. The number of nitrogens with zero attached hydrogens (tertiary/aromatic N) is 2. The van der Waals surface area contributed by atoms with Crippen LogP contribution in [0.5, 0.6) is 5.75 Å². The molecule has 1 atom stereocenters. The predicted molar refractivity (Wildman–Crippen MR) is 118 cm³/mol. The van der Waals surface area contributed by atoms with E-state index < -0.39 is 0 Å². The second-order valence-electron chi connectivity index (χ2n) is 7.39. The third kappa shape index (κ3) is 4.37. The van der Waals surface area contributed by atoms with Crippen LogP contribution in [0.1, 0.15) is 36.2 Å². The standard InChI is InChI=1S/C23H25BrN2O4/c1-3-29-23(27)12-18-15(2)5-4-6-22(18)30-14-20-19-11-16(24)7-8-21(19)26(25-20)17-9-10-28-13-17/h4-8,11,17H,3,9-10,12-14H2,1-2H3. The van der Waals surface area contributed by atoms with E-state index in [1.807, 2.05) is 38.1 Å². The van der Waals surface area contributed by atoms with Gasteiger partial charge in [-0.1, -0.05) is 28.1 Å². The number of hydrogen-bond donors (Lipinski definition) is 0. The molecule has 6 nitrogen and oxygen atoms in total. The number of hydrogen-bond acceptors (Lipinski definition) is 5. The van der Waals surface area contributed by atoms with Crippen LogP contribution in [-0.4, -0.2) is 35.6 Å². The summed E-state index contributed by atoms with van der Waals surface area (Å²) in [5.41, 5.74) is 3.79. The second kappa shape index (κ2) is 9.18. The predicted octanol–water partition coefficient (Wildman–Crippen LogP) is 4.75. The number of benzene rings is 2. The van der Waals surface area contributed by atoms with Gasteiger partial charge in [0, 0.05) is 22.0 Å². The van der Waals surface area contributed by atoms with E-state index in [1.165, 1.54) is 0 Å². The number of carbonyl (C=O) groups excluding carboxylic acids is 1. The van der Waals surface area contributed by atoms with E-state index in [0.29, 0.717) is 25.6 Å². The molecule has 4 rings (SSSR count). The first-order valence-corrected chi connectivity index (χ1v) is 11.0. The fourth-order valence-corrected chi connectivity index (χ4v) is 4.18. The molecule has 158 valence electrons. The molecule has 0 saturated carbocycles. The van der Waals surface area contributed by atoms with Crippen molar-refractivity contribution in [2.45, 2.75) is 39.3 Å². The molecule has 1 aliphatic heterocycles. The maximum absolute atomic E-state index is 12.0. The van der Waals surface area contributed by atoms with E-state index >= 15 is 0 Å². The van der Waals surface area contributed by atoms with Gasteiger partial charge < -0.3 is 14.2 Å². The molecule has 1 saturated heterocycles. The highest BCUT2D eigenvalue weighted by Crippen LogP contribution is 2.30. The van der Waals surface area contributed by atoms with E-state index in [9.17, 15) is 4.79 Å². The van der Waals surface area contributed by atoms with E-state index in [4.69, 9.17) is 19.3 Å². The molecule has 0 spiro atoms. The summed E-state index contributed by atoms with van der Waals surface area (Å²) in [7, 11) is 0. The van der Waals surface area contributed by atoms with Crippen LogP contribution in [-0.2, 0) is 27.3 Å². The zero-order chi connectivity index (χ0) is 21.1. The van der Waals surface area contributed by atoms with E-state index in [-0.39, 0.29) is 18.4 Å². The minimum atomic E-state index is -0.253. The summed E-state index contributed by atoms with van der Waals surface area (Å²) in [4.78, 5) is 12.0. The lowest BCUT2D eigenvalue weighted by Gasteiger charge is -2.13. The van der Waals surface area contributed by atoms with Crippen LogP contribution in [0, 0.1) is 6.92 Å². The van der Waals surface area contributed by atoms with Crippen LogP contribution in [0.25, 0.3) is 10.9 Å². The fraction of sp³-hybridized carbons (Fsp3) is 0.391. The largest absolute Gasteiger partial charge is 0.487 e. The Bertz CT molecular complexity index is 1060. The van der Waals surface area contributed by atoms with Gasteiger partial charge >= 0.3 is 5.97 Å². The highest BCUT2D eigenvalue weighted by atomic mass is 79.9. The van der Waals surface area contributed by atoms with Crippen LogP contribution < -0.4 is 4.74 Å². The van der Waals surface area contributed by atoms with Gasteiger partial charge in [0.2, 0.25) is 0 Å². The van der Waals surface area contributed by atoms with Crippen LogP contribution in [0.2, 0.25) is 0 Å². The van der Waals surface area contributed by atoms with Crippen molar-refractivity contribution in [1.29, 1.82) is 0 Å². The molecule has 0 aliphatic carbocycles. The number of esters is 1. The topological polar surface area (TPSA) is 62.6 Å². The van der Waals surface area contributed by atoms with Crippen molar-refractivity contribution < 1.29 is 19.0 Å². The van der Waals surface area contributed by atoms with Gasteiger partial charge in [-0.15, -0.1) is 0 Å². The average molecular weight is 473 g/mol. The molecule has 30 heavy (non-hydrogen) atoms. The third-order valence-corrected chi connectivity index (χ3v) is 5.85. The first-order valence-electron chi connectivity index (χ1n) is 10.2. The van der Waals surface area contributed by atoms with Crippen molar-refractivity contribution in [2.24, 2.45) is 0 Å². The van der Waals surface area contributed by atoms with Crippen LogP contribution >= 0.6 is 15.9 Å². The molecule has 2 heterocycles. The van der Waals surface area contributed by atoms with Gasteiger partial charge in [0.15, 0.2) is 0 Å².